The van der Waals surface area contributed by atoms with Gasteiger partial charge in [0.1, 0.15) is 0 Å². The highest BCUT2D eigenvalue weighted by molar-refractivity contribution is 7.98. The van der Waals surface area contributed by atoms with Crippen molar-refractivity contribution in [2.24, 2.45) is 5.73 Å². The van der Waals surface area contributed by atoms with Crippen LogP contribution < -0.4 is 5.73 Å². The summed E-state index contributed by atoms with van der Waals surface area (Å²) in [6.45, 7) is 25.0. The third kappa shape index (κ3) is 13.5. The van der Waals surface area contributed by atoms with Crippen molar-refractivity contribution in [1.29, 1.82) is 5.41 Å². The summed E-state index contributed by atoms with van der Waals surface area (Å²) >= 11 is 1.79. The molecule has 3 heteroatoms. The summed E-state index contributed by atoms with van der Waals surface area (Å²) in [5.74, 6) is 0.217. The summed E-state index contributed by atoms with van der Waals surface area (Å²) in [4.78, 5) is 1.28. The van der Waals surface area contributed by atoms with Gasteiger partial charge in [-0.15, -0.1) is 11.8 Å². The van der Waals surface area contributed by atoms with Gasteiger partial charge in [0.05, 0.1) is 0 Å². The Kier molecular flexibility index (Phi) is 22.1. The van der Waals surface area contributed by atoms with Gasteiger partial charge in [0.15, 0.2) is 0 Å². The maximum atomic E-state index is 5.50. The Morgan fingerprint density at radius 1 is 0.651 bits per heavy atom. The molecule has 0 saturated heterocycles. The maximum Gasteiger partial charge on any atom is 0.0148 e. The minimum absolute atomic E-state index is 0.217. The molecule has 0 bridgehead atoms. The monoisotopic (exact) mass is 846 g/mol. The summed E-state index contributed by atoms with van der Waals surface area (Å²) in [5.41, 5.74) is 23.0. The molecule has 0 aliphatic heterocycles. The van der Waals surface area contributed by atoms with Crippen LogP contribution in [0, 0.1) is 12.3 Å². The van der Waals surface area contributed by atoms with Gasteiger partial charge in [-0.1, -0.05) is 221 Å². The standard InChI is InChI=1S/C49H44S.C9H14.CH5N.CH3N/c1-7-16-37(17-8-2)38-26-28-39(29-27-38)42-19-14-18-40(33-42)34(4)41-30-31-45(36(9-3)32-41)43-23-15-24-44(35(43)5)46-20-10-11-21-47(46)48-22-12-13-25-49(48)50-6;1-4-7-8-9(5-2)6-3;2*1-2/h7-34H,1,3H2,2,4-6H3;4-5,7-8H,1,6H2,2-3H3;2H2,1H3;2H,1H2/b17-8-,37-16+;8-7-,9-5-;;. The van der Waals surface area contributed by atoms with Crippen molar-refractivity contribution >= 4 is 30.1 Å². The second-order valence-corrected chi connectivity index (χ2v) is 15.2. The van der Waals surface area contributed by atoms with Gasteiger partial charge in [0.25, 0.3) is 0 Å². The van der Waals surface area contributed by atoms with Crippen LogP contribution in [0.5, 0.6) is 0 Å². The van der Waals surface area contributed by atoms with Crippen molar-refractivity contribution in [2.75, 3.05) is 13.3 Å². The van der Waals surface area contributed by atoms with Crippen molar-refractivity contribution in [3.8, 4) is 44.5 Å². The lowest BCUT2D eigenvalue weighted by Crippen LogP contribution is -1.99. The molecular weight excluding hydrogens is 781 g/mol. The fourth-order valence-electron chi connectivity index (χ4n) is 7.50. The predicted octanol–water partition coefficient (Wildman–Crippen LogP) is 17.3. The highest BCUT2D eigenvalue weighted by Gasteiger charge is 2.17. The van der Waals surface area contributed by atoms with Crippen molar-refractivity contribution in [1.82, 2.24) is 0 Å². The maximum absolute atomic E-state index is 5.50. The second kappa shape index (κ2) is 27.4. The van der Waals surface area contributed by atoms with E-state index in [2.05, 4.69) is 217 Å². The van der Waals surface area contributed by atoms with Gasteiger partial charge < -0.3 is 11.1 Å². The quantitative estimate of drug-likeness (QED) is 0.0652. The highest BCUT2D eigenvalue weighted by Crippen LogP contribution is 2.41. The Morgan fingerprint density at radius 3 is 1.83 bits per heavy atom. The largest absolute Gasteiger partial charge is 0.333 e. The molecule has 1 atom stereocenters. The summed E-state index contributed by atoms with van der Waals surface area (Å²) in [5, 5.41) is 5.50. The van der Waals surface area contributed by atoms with Crippen LogP contribution in [-0.2, 0) is 0 Å². The van der Waals surface area contributed by atoms with Crippen LogP contribution in [0.4, 0.5) is 0 Å². The van der Waals surface area contributed by atoms with Gasteiger partial charge in [-0.3, -0.25) is 0 Å². The van der Waals surface area contributed by atoms with Crippen molar-refractivity contribution < 1.29 is 0 Å². The van der Waals surface area contributed by atoms with E-state index in [-0.39, 0.29) is 5.92 Å². The van der Waals surface area contributed by atoms with Gasteiger partial charge in [-0.25, -0.2) is 0 Å². The van der Waals surface area contributed by atoms with Crippen LogP contribution in [0.1, 0.15) is 67.9 Å². The zero-order chi connectivity index (χ0) is 46.1. The van der Waals surface area contributed by atoms with E-state index in [4.69, 9.17) is 5.41 Å². The van der Waals surface area contributed by atoms with E-state index < -0.39 is 0 Å². The molecule has 322 valence electrons. The number of nitrogens with one attached hydrogen (secondary N) is 1. The molecule has 6 rings (SSSR count). The van der Waals surface area contributed by atoms with Crippen molar-refractivity contribution in [2.45, 2.75) is 51.9 Å². The average Bonchev–Trinajstić information content (AvgIpc) is 3.35. The molecule has 0 aliphatic carbocycles. The van der Waals surface area contributed by atoms with E-state index in [1.807, 2.05) is 38.2 Å². The van der Waals surface area contributed by atoms with Gasteiger partial charge in [0.2, 0.25) is 0 Å². The summed E-state index contributed by atoms with van der Waals surface area (Å²) in [7, 11) is 1.50. The number of rotatable bonds is 14. The Labute approximate surface area is 384 Å². The number of hydrogen-bond acceptors (Lipinski definition) is 3. The molecule has 63 heavy (non-hydrogen) atoms. The zero-order valence-electron chi connectivity index (χ0n) is 38.5. The fraction of sp³-hybridized carbons (Fsp3) is 0.150. The Balaban J connectivity index is 0.000000717. The lowest BCUT2D eigenvalue weighted by atomic mass is 9.85. The first-order valence-corrected chi connectivity index (χ1v) is 22.7. The number of nitrogens with two attached hydrogens (primary N) is 1. The van der Waals surface area contributed by atoms with Gasteiger partial charge in [-0.2, -0.15) is 0 Å². The topological polar surface area (TPSA) is 49.9 Å². The Bertz CT molecular complexity index is 2530. The lowest BCUT2D eigenvalue weighted by Gasteiger charge is -2.19. The molecule has 0 spiro atoms. The molecule has 0 fully saturated rings. The van der Waals surface area contributed by atoms with Crippen LogP contribution in [0.25, 0.3) is 56.2 Å². The molecule has 0 heterocycles. The van der Waals surface area contributed by atoms with E-state index in [1.54, 1.807) is 17.8 Å². The molecule has 0 amide bonds. The smallest absolute Gasteiger partial charge is 0.0148 e. The zero-order valence-corrected chi connectivity index (χ0v) is 39.3. The normalized spacial score (nSPS) is 11.6. The number of allylic oxidation sites excluding steroid dienone is 10. The minimum Gasteiger partial charge on any atom is -0.333 e. The number of benzene rings is 6. The second-order valence-electron chi connectivity index (χ2n) is 14.4. The lowest BCUT2D eigenvalue weighted by molar-refractivity contribution is 0.922. The molecule has 6 aromatic rings. The summed E-state index contributed by atoms with van der Waals surface area (Å²) < 4.78 is 0. The van der Waals surface area contributed by atoms with E-state index in [0.717, 1.165) is 17.6 Å². The van der Waals surface area contributed by atoms with Gasteiger partial charge in [0, 0.05) is 10.8 Å². The minimum atomic E-state index is 0.217. The molecular formula is C60H66N2S. The number of thioether (sulfide) groups is 1. The van der Waals surface area contributed by atoms with Crippen LogP contribution >= 0.6 is 11.8 Å². The molecule has 0 aliphatic rings. The molecule has 0 radical (unpaired) electrons. The predicted molar refractivity (Wildman–Crippen MR) is 285 cm³/mol. The summed E-state index contributed by atoms with van der Waals surface area (Å²) in [6, 6.07) is 48.8. The van der Waals surface area contributed by atoms with Gasteiger partial charge in [-0.05, 0) is 131 Å². The summed E-state index contributed by atoms with van der Waals surface area (Å²) in [6.07, 6.45) is 21.2. The van der Waals surface area contributed by atoms with Crippen LogP contribution in [0.15, 0.2) is 212 Å². The van der Waals surface area contributed by atoms with Gasteiger partial charge >= 0.3 is 0 Å². The number of hydrogen-bond donors (Lipinski definition) is 2. The Morgan fingerprint density at radius 2 is 1.24 bits per heavy atom. The highest BCUT2D eigenvalue weighted by atomic mass is 32.2. The first-order valence-electron chi connectivity index (χ1n) is 21.4. The molecule has 1 unspecified atom stereocenters. The van der Waals surface area contributed by atoms with Crippen LogP contribution in [-0.4, -0.2) is 20.0 Å². The average molecular weight is 847 g/mol. The molecule has 0 aromatic heterocycles. The SMILES string of the molecule is C=C/C=C(\C=C/C)c1ccc(-c2cccc(C(C)c3ccc(-c4cccc(-c5ccccc5-c5ccccc5SC)c4C)c(C=C)c3)c2)cc1.C=C/C=C\C(=C/C)CC.C=N.CN. The van der Waals surface area contributed by atoms with Crippen LogP contribution in [0.2, 0.25) is 0 Å². The van der Waals surface area contributed by atoms with E-state index in [9.17, 15) is 0 Å². The molecule has 6 aromatic carbocycles. The fourth-order valence-corrected chi connectivity index (χ4v) is 8.12. The van der Waals surface area contributed by atoms with E-state index in [0.29, 0.717) is 0 Å². The first kappa shape index (κ1) is 50.8. The van der Waals surface area contributed by atoms with Crippen molar-refractivity contribution in [3.05, 3.63) is 235 Å². The van der Waals surface area contributed by atoms with Crippen LogP contribution in [0.3, 0.4) is 0 Å². The van der Waals surface area contributed by atoms with E-state index in [1.165, 1.54) is 84.3 Å². The Hall–Kier alpha value is -6.52. The third-order valence-corrected chi connectivity index (χ3v) is 11.6. The molecule has 0 saturated carbocycles. The van der Waals surface area contributed by atoms with E-state index >= 15 is 0 Å². The van der Waals surface area contributed by atoms with Crippen molar-refractivity contribution in [3.63, 3.8) is 0 Å². The third-order valence-electron chi connectivity index (χ3n) is 10.8. The molecule has 2 nitrogen and oxygen atoms in total. The molecule has 3 N–H and O–H groups in total. The first-order chi connectivity index (χ1) is 30.8.